The van der Waals surface area contributed by atoms with Gasteiger partial charge in [-0.25, -0.2) is 0 Å². The number of thioether (sulfide) groups is 1. The van der Waals surface area contributed by atoms with Gasteiger partial charge >= 0.3 is 0 Å². The summed E-state index contributed by atoms with van der Waals surface area (Å²) in [7, 11) is 0. The molecule has 6 heteroatoms. The standard InChI is InChI=1S/C15H14N2O3S/c1-11-4-2-3-5-14(11)21-10-15(18)16-12-6-8-13(9-7-12)17(19)20/h2-9H,10H2,1H3,(H,16,18). The van der Waals surface area contributed by atoms with Gasteiger partial charge in [0.15, 0.2) is 0 Å². The molecule has 0 radical (unpaired) electrons. The van der Waals surface area contributed by atoms with Crippen molar-refractivity contribution in [3.8, 4) is 0 Å². The number of aryl methyl sites for hydroxylation is 1. The van der Waals surface area contributed by atoms with E-state index >= 15 is 0 Å². The number of nitro benzene ring substituents is 1. The van der Waals surface area contributed by atoms with Crippen molar-refractivity contribution in [3.05, 3.63) is 64.2 Å². The van der Waals surface area contributed by atoms with Crippen molar-refractivity contribution in [2.45, 2.75) is 11.8 Å². The van der Waals surface area contributed by atoms with E-state index in [1.165, 1.54) is 36.0 Å². The molecule has 1 amide bonds. The van der Waals surface area contributed by atoms with Gasteiger partial charge in [0.1, 0.15) is 0 Å². The average Bonchev–Trinajstić information content (AvgIpc) is 2.47. The van der Waals surface area contributed by atoms with Gasteiger partial charge in [-0.1, -0.05) is 18.2 Å². The van der Waals surface area contributed by atoms with Gasteiger partial charge in [-0.05, 0) is 30.7 Å². The number of non-ortho nitro benzene ring substituents is 1. The number of nitrogens with zero attached hydrogens (tertiary/aromatic N) is 1. The number of anilines is 1. The van der Waals surface area contributed by atoms with Crippen LogP contribution in [-0.4, -0.2) is 16.6 Å². The van der Waals surface area contributed by atoms with Crippen LogP contribution in [0.15, 0.2) is 53.4 Å². The molecule has 0 saturated carbocycles. The quantitative estimate of drug-likeness (QED) is 0.520. The Kier molecular flexibility index (Phi) is 4.94. The summed E-state index contributed by atoms with van der Waals surface area (Å²) < 4.78 is 0. The van der Waals surface area contributed by atoms with Crippen LogP contribution in [0.1, 0.15) is 5.56 Å². The molecule has 0 aliphatic carbocycles. The number of benzene rings is 2. The van der Waals surface area contributed by atoms with Crippen molar-refractivity contribution in [2.24, 2.45) is 0 Å². The van der Waals surface area contributed by atoms with Gasteiger partial charge in [0.2, 0.25) is 5.91 Å². The lowest BCUT2D eigenvalue weighted by Crippen LogP contribution is -2.14. The molecule has 0 aliphatic rings. The SMILES string of the molecule is Cc1ccccc1SCC(=O)Nc1ccc([N+](=O)[O-])cc1. The average molecular weight is 302 g/mol. The minimum absolute atomic E-state index is 0.00212. The zero-order valence-corrected chi connectivity index (χ0v) is 12.2. The molecule has 2 aromatic carbocycles. The summed E-state index contributed by atoms with van der Waals surface area (Å²) in [5, 5.41) is 13.3. The Morgan fingerprint density at radius 3 is 2.48 bits per heavy atom. The number of amides is 1. The Balaban J connectivity index is 1.90. The van der Waals surface area contributed by atoms with Crippen LogP contribution in [0.5, 0.6) is 0 Å². The van der Waals surface area contributed by atoms with Gasteiger partial charge in [-0.2, -0.15) is 0 Å². The Morgan fingerprint density at radius 1 is 1.19 bits per heavy atom. The van der Waals surface area contributed by atoms with Crippen LogP contribution in [0.4, 0.5) is 11.4 Å². The first kappa shape index (κ1) is 15.1. The minimum Gasteiger partial charge on any atom is -0.325 e. The first-order valence-electron chi connectivity index (χ1n) is 6.29. The van der Waals surface area contributed by atoms with E-state index in [1.807, 2.05) is 31.2 Å². The molecule has 2 rings (SSSR count). The molecule has 0 aliphatic heterocycles. The summed E-state index contributed by atoms with van der Waals surface area (Å²) in [6.07, 6.45) is 0. The molecule has 1 N–H and O–H groups in total. The van der Waals surface area contributed by atoms with Crippen LogP contribution in [0, 0.1) is 17.0 Å². The first-order chi connectivity index (χ1) is 10.1. The predicted octanol–water partition coefficient (Wildman–Crippen LogP) is 3.63. The Bertz CT molecular complexity index is 656. The topological polar surface area (TPSA) is 72.2 Å². The smallest absolute Gasteiger partial charge is 0.269 e. The van der Waals surface area contributed by atoms with E-state index in [-0.39, 0.29) is 11.6 Å². The summed E-state index contributed by atoms with van der Waals surface area (Å²) in [5.41, 5.74) is 1.68. The van der Waals surface area contributed by atoms with Crippen molar-refractivity contribution in [2.75, 3.05) is 11.1 Å². The molecule has 0 saturated heterocycles. The second-order valence-corrected chi connectivity index (χ2v) is 5.42. The van der Waals surface area contributed by atoms with Crippen molar-refractivity contribution in [3.63, 3.8) is 0 Å². The van der Waals surface area contributed by atoms with Crippen molar-refractivity contribution in [1.29, 1.82) is 0 Å². The monoisotopic (exact) mass is 302 g/mol. The van der Waals surface area contributed by atoms with E-state index in [0.717, 1.165) is 10.5 Å². The minimum atomic E-state index is -0.473. The van der Waals surface area contributed by atoms with Crippen LogP contribution in [0.2, 0.25) is 0 Å². The van der Waals surface area contributed by atoms with Gasteiger partial charge < -0.3 is 5.32 Å². The van der Waals surface area contributed by atoms with E-state index < -0.39 is 4.92 Å². The second-order valence-electron chi connectivity index (χ2n) is 4.41. The number of nitrogens with one attached hydrogen (secondary N) is 1. The number of hydrogen-bond acceptors (Lipinski definition) is 4. The van der Waals surface area contributed by atoms with Gasteiger partial charge in [0.05, 0.1) is 10.7 Å². The van der Waals surface area contributed by atoms with E-state index in [2.05, 4.69) is 5.32 Å². The van der Waals surface area contributed by atoms with Gasteiger partial charge in [0.25, 0.3) is 5.69 Å². The van der Waals surface area contributed by atoms with Gasteiger partial charge in [0, 0.05) is 22.7 Å². The van der Waals surface area contributed by atoms with Crippen LogP contribution < -0.4 is 5.32 Å². The van der Waals surface area contributed by atoms with Gasteiger partial charge in [-0.15, -0.1) is 11.8 Å². The first-order valence-corrected chi connectivity index (χ1v) is 7.27. The molecule has 0 fully saturated rings. The summed E-state index contributed by atoms with van der Waals surface area (Å²) >= 11 is 1.46. The summed E-state index contributed by atoms with van der Waals surface area (Å²) in [6, 6.07) is 13.6. The molecule has 2 aromatic rings. The molecule has 0 bridgehead atoms. The summed E-state index contributed by atoms with van der Waals surface area (Å²) in [5.74, 6) is 0.152. The Labute approximate surface area is 126 Å². The Hall–Kier alpha value is -2.34. The highest BCUT2D eigenvalue weighted by molar-refractivity contribution is 8.00. The third-order valence-electron chi connectivity index (χ3n) is 2.81. The zero-order chi connectivity index (χ0) is 15.2. The van der Waals surface area contributed by atoms with Crippen LogP contribution in [0.3, 0.4) is 0 Å². The van der Waals surface area contributed by atoms with E-state index in [9.17, 15) is 14.9 Å². The lowest BCUT2D eigenvalue weighted by Gasteiger charge is -2.06. The normalized spacial score (nSPS) is 10.1. The zero-order valence-electron chi connectivity index (χ0n) is 11.4. The highest BCUT2D eigenvalue weighted by Crippen LogP contribution is 2.22. The Morgan fingerprint density at radius 2 is 1.86 bits per heavy atom. The molecule has 0 aromatic heterocycles. The largest absolute Gasteiger partial charge is 0.325 e. The van der Waals surface area contributed by atoms with E-state index in [1.54, 1.807) is 0 Å². The number of rotatable bonds is 5. The summed E-state index contributed by atoms with van der Waals surface area (Å²) in [4.78, 5) is 23.0. The van der Waals surface area contributed by atoms with Crippen LogP contribution in [-0.2, 0) is 4.79 Å². The van der Waals surface area contributed by atoms with Crippen molar-refractivity contribution >= 4 is 29.0 Å². The fourth-order valence-electron chi connectivity index (χ4n) is 1.73. The number of nitro groups is 1. The third-order valence-corrected chi connectivity index (χ3v) is 3.99. The fraction of sp³-hybridized carbons (Fsp3) is 0.133. The second kappa shape index (κ2) is 6.90. The number of carbonyl (C=O) groups excluding carboxylic acids is 1. The van der Waals surface area contributed by atoms with Crippen molar-refractivity contribution < 1.29 is 9.72 Å². The molecule has 0 spiro atoms. The highest BCUT2D eigenvalue weighted by atomic mass is 32.2. The van der Waals surface area contributed by atoms with Crippen LogP contribution >= 0.6 is 11.8 Å². The summed E-state index contributed by atoms with van der Waals surface area (Å²) in [6.45, 7) is 2.00. The third kappa shape index (κ3) is 4.32. The predicted molar refractivity (Wildman–Crippen MR) is 83.6 cm³/mol. The fourth-order valence-corrected chi connectivity index (χ4v) is 2.55. The lowest BCUT2D eigenvalue weighted by molar-refractivity contribution is -0.384. The number of carbonyl (C=O) groups is 1. The maximum Gasteiger partial charge on any atom is 0.269 e. The molecule has 0 atom stereocenters. The highest BCUT2D eigenvalue weighted by Gasteiger charge is 2.07. The number of hydrogen-bond donors (Lipinski definition) is 1. The van der Waals surface area contributed by atoms with Gasteiger partial charge in [-0.3, -0.25) is 14.9 Å². The van der Waals surface area contributed by atoms with Crippen molar-refractivity contribution in [1.82, 2.24) is 0 Å². The molecule has 0 unspecified atom stereocenters. The molecular weight excluding hydrogens is 288 g/mol. The molecule has 21 heavy (non-hydrogen) atoms. The molecule has 0 heterocycles. The molecule has 108 valence electrons. The van der Waals surface area contributed by atoms with Crippen LogP contribution in [0.25, 0.3) is 0 Å². The molecule has 5 nitrogen and oxygen atoms in total. The van der Waals surface area contributed by atoms with E-state index in [4.69, 9.17) is 0 Å². The maximum atomic E-state index is 11.9. The lowest BCUT2D eigenvalue weighted by atomic mass is 10.2. The maximum absolute atomic E-state index is 11.9. The van der Waals surface area contributed by atoms with E-state index in [0.29, 0.717) is 11.4 Å². The molecular formula is C15H14N2O3S.